The lowest BCUT2D eigenvalue weighted by molar-refractivity contribution is -0.136. The number of carbonyl (C=O) groups is 2. The van der Waals surface area contributed by atoms with E-state index in [-0.39, 0.29) is 23.7 Å². The Bertz CT molecular complexity index is 491. The molecule has 0 spiro atoms. The van der Waals surface area contributed by atoms with Gasteiger partial charge in [0.25, 0.3) is 0 Å². The number of nitrogens with one attached hydrogen (secondary N) is 2. The molecule has 116 valence electrons. The topological polar surface area (TPSA) is 78.4 Å². The molecule has 0 aliphatic heterocycles. The molecule has 0 radical (unpaired) electrons. The number of amides is 2. The van der Waals surface area contributed by atoms with Gasteiger partial charge in [-0.1, -0.05) is 15.9 Å². The van der Waals surface area contributed by atoms with Crippen molar-refractivity contribution in [3.8, 4) is 0 Å². The third-order valence-corrected chi connectivity index (χ3v) is 4.24. The normalized spacial score (nSPS) is 11.0. The maximum atomic E-state index is 11.5. The quantitative estimate of drug-likeness (QED) is 0.640. The average molecular weight is 375 g/mol. The van der Waals surface area contributed by atoms with Crippen LogP contribution in [0.2, 0.25) is 0 Å². The van der Waals surface area contributed by atoms with Crippen LogP contribution in [0.15, 0.2) is 33.6 Å². The van der Waals surface area contributed by atoms with Crippen molar-refractivity contribution < 1.29 is 14.7 Å². The molecule has 2 amide bonds. The summed E-state index contributed by atoms with van der Waals surface area (Å²) in [5.41, 5.74) is 0. The predicted molar refractivity (Wildman–Crippen MR) is 87.7 cm³/mol. The molecule has 1 aromatic rings. The van der Waals surface area contributed by atoms with Gasteiger partial charge in [-0.05, 0) is 38.1 Å². The number of hydrogen-bond acceptors (Lipinski definition) is 3. The molecule has 0 aromatic heterocycles. The Labute approximate surface area is 137 Å². The molecule has 7 heteroatoms. The number of benzene rings is 1. The van der Waals surface area contributed by atoms with Crippen LogP contribution in [0.4, 0.5) is 4.79 Å². The van der Waals surface area contributed by atoms with Gasteiger partial charge < -0.3 is 15.7 Å². The first kappa shape index (κ1) is 17.8. The SMILES string of the molecule is CC(C)(CNC(=O)NCCC(=O)O)Sc1ccc(Br)cc1. The zero-order chi connectivity index (χ0) is 15.9. The van der Waals surface area contributed by atoms with E-state index in [0.29, 0.717) is 6.54 Å². The standard InChI is InChI=1S/C14H19BrN2O3S/c1-14(2,21-11-5-3-10(15)4-6-11)9-17-13(20)16-8-7-12(18)19/h3-6H,7-9H2,1-2H3,(H,18,19)(H2,16,17,20). The van der Waals surface area contributed by atoms with Gasteiger partial charge in [-0.15, -0.1) is 11.8 Å². The second-order valence-corrected chi connectivity index (χ2v) is 7.77. The van der Waals surface area contributed by atoms with Crippen molar-refractivity contribution in [2.45, 2.75) is 29.9 Å². The van der Waals surface area contributed by atoms with Gasteiger partial charge in [-0.25, -0.2) is 4.79 Å². The number of halogens is 1. The Morgan fingerprint density at radius 1 is 1.24 bits per heavy atom. The summed E-state index contributed by atoms with van der Waals surface area (Å²) in [6.07, 6.45) is -0.0789. The Balaban J connectivity index is 2.36. The minimum atomic E-state index is -0.929. The van der Waals surface area contributed by atoms with Crippen molar-refractivity contribution in [2.75, 3.05) is 13.1 Å². The summed E-state index contributed by atoms with van der Waals surface area (Å²) in [6.45, 7) is 4.68. The maximum Gasteiger partial charge on any atom is 0.314 e. The second-order valence-electron chi connectivity index (χ2n) is 5.07. The van der Waals surface area contributed by atoms with Gasteiger partial charge >= 0.3 is 12.0 Å². The Morgan fingerprint density at radius 2 is 1.86 bits per heavy atom. The highest BCUT2D eigenvalue weighted by Gasteiger charge is 2.20. The molecule has 1 rings (SSSR count). The molecule has 0 aliphatic rings. The highest BCUT2D eigenvalue weighted by atomic mass is 79.9. The van der Waals surface area contributed by atoms with E-state index in [4.69, 9.17) is 5.11 Å². The van der Waals surface area contributed by atoms with E-state index in [1.807, 2.05) is 38.1 Å². The summed E-state index contributed by atoms with van der Waals surface area (Å²) in [5, 5.41) is 13.8. The molecule has 21 heavy (non-hydrogen) atoms. The molecule has 0 bridgehead atoms. The fraction of sp³-hybridized carbons (Fsp3) is 0.429. The van der Waals surface area contributed by atoms with Crippen molar-refractivity contribution in [1.82, 2.24) is 10.6 Å². The lowest BCUT2D eigenvalue weighted by atomic mass is 10.2. The van der Waals surface area contributed by atoms with Crippen LogP contribution in [0, 0.1) is 0 Å². The first-order valence-electron chi connectivity index (χ1n) is 6.46. The molecule has 0 unspecified atom stereocenters. The first-order chi connectivity index (χ1) is 9.78. The summed E-state index contributed by atoms with van der Waals surface area (Å²) in [6, 6.07) is 7.64. The van der Waals surface area contributed by atoms with Crippen LogP contribution in [-0.4, -0.2) is 34.9 Å². The monoisotopic (exact) mass is 374 g/mol. The molecule has 0 aliphatic carbocycles. The summed E-state index contributed by atoms with van der Waals surface area (Å²) in [5.74, 6) is -0.929. The van der Waals surface area contributed by atoms with E-state index in [0.717, 1.165) is 9.37 Å². The molecular weight excluding hydrogens is 356 g/mol. The molecule has 0 saturated heterocycles. The number of carboxylic acids is 1. The van der Waals surface area contributed by atoms with Gasteiger partial charge in [0.05, 0.1) is 6.42 Å². The highest BCUT2D eigenvalue weighted by molar-refractivity contribution is 9.10. The number of rotatable bonds is 7. The number of urea groups is 1. The van der Waals surface area contributed by atoms with Crippen molar-refractivity contribution in [3.05, 3.63) is 28.7 Å². The molecule has 0 heterocycles. The van der Waals surface area contributed by atoms with Crippen LogP contribution < -0.4 is 10.6 Å². The molecule has 0 fully saturated rings. The van der Waals surface area contributed by atoms with Gasteiger partial charge in [0, 0.05) is 27.2 Å². The smallest absolute Gasteiger partial charge is 0.314 e. The Morgan fingerprint density at radius 3 is 2.43 bits per heavy atom. The van der Waals surface area contributed by atoms with Crippen LogP contribution in [0.5, 0.6) is 0 Å². The van der Waals surface area contributed by atoms with E-state index in [1.165, 1.54) is 0 Å². The van der Waals surface area contributed by atoms with E-state index >= 15 is 0 Å². The molecule has 5 nitrogen and oxygen atoms in total. The minimum Gasteiger partial charge on any atom is -0.481 e. The van der Waals surface area contributed by atoms with E-state index in [1.54, 1.807) is 11.8 Å². The number of thioether (sulfide) groups is 1. The summed E-state index contributed by atoms with van der Waals surface area (Å²) >= 11 is 5.06. The molecular formula is C14H19BrN2O3S. The number of carbonyl (C=O) groups excluding carboxylic acids is 1. The van der Waals surface area contributed by atoms with Gasteiger partial charge in [0.2, 0.25) is 0 Å². The first-order valence-corrected chi connectivity index (χ1v) is 8.07. The van der Waals surface area contributed by atoms with Crippen LogP contribution in [-0.2, 0) is 4.79 Å². The molecule has 0 atom stereocenters. The Hall–Kier alpha value is -1.21. The lowest BCUT2D eigenvalue weighted by Crippen LogP contribution is -2.42. The predicted octanol–water partition coefficient (Wildman–Crippen LogP) is 3.09. The van der Waals surface area contributed by atoms with Crippen LogP contribution in [0.25, 0.3) is 0 Å². The average Bonchev–Trinajstić information content (AvgIpc) is 2.39. The molecule has 1 aromatic carbocycles. The number of carboxylic acid groups (broad SMARTS) is 1. The Kier molecular flexibility index (Phi) is 7.04. The van der Waals surface area contributed by atoms with Crippen LogP contribution in [0.1, 0.15) is 20.3 Å². The number of aliphatic carboxylic acids is 1. The van der Waals surface area contributed by atoms with E-state index in [9.17, 15) is 9.59 Å². The fourth-order valence-corrected chi connectivity index (χ4v) is 2.82. The molecule has 3 N–H and O–H groups in total. The van der Waals surface area contributed by atoms with Crippen molar-refractivity contribution >= 4 is 39.7 Å². The fourth-order valence-electron chi connectivity index (χ4n) is 1.50. The van der Waals surface area contributed by atoms with Crippen molar-refractivity contribution in [1.29, 1.82) is 0 Å². The third kappa shape index (κ3) is 7.96. The van der Waals surface area contributed by atoms with Gasteiger partial charge in [-0.3, -0.25) is 4.79 Å². The highest BCUT2D eigenvalue weighted by Crippen LogP contribution is 2.32. The molecule has 0 saturated carbocycles. The van der Waals surface area contributed by atoms with Crippen molar-refractivity contribution in [2.24, 2.45) is 0 Å². The van der Waals surface area contributed by atoms with Gasteiger partial charge in [0.1, 0.15) is 0 Å². The van der Waals surface area contributed by atoms with E-state index < -0.39 is 5.97 Å². The summed E-state index contributed by atoms with van der Waals surface area (Å²) in [4.78, 5) is 23.0. The largest absolute Gasteiger partial charge is 0.481 e. The maximum absolute atomic E-state index is 11.5. The van der Waals surface area contributed by atoms with E-state index in [2.05, 4.69) is 26.6 Å². The second kappa shape index (κ2) is 8.29. The van der Waals surface area contributed by atoms with Gasteiger partial charge in [-0.2, -0.15) is 0 Å². The van der Waals surface area contributed by atoms with Gasteiger partial charge in [0.15, 0.2) is 0 Å². The third-order valence-electron chi connectivity index (χ3n) is 2.51. The van der Waals surface area contributed by atoms with Crippen LogP contribution in [0.3, 0.4) is 0 Å². The van der Waals surface area contributed by atoms with Crippen molar-refractivity contribution in [3.63, 3.8) is 0 Å². The lowest BCUT2D eigenvalue weighted by Gasteiger charge is -2.24. The zero-order valence-electron chi connectivity index (χ0n) is 12.0. The zero-order valence-corrected chi connectivity index (χ0v) is 14.4. The number of hydrogen-bond donors (Lipinski definition) is 3. The van der Waals surface area contributed by atoms with Crippen LogP contribution >= 0.6 is 27.7 Å². The summed E-state index contributed by atoms with van der Waals surface area (Å²) < 4.78 is 0.860. The minimum absolute atomic E-state index is 0.0789. The summed E-state index contributed by atoms with van der Waals surface area (Å²) in [7, 11) is 0.